The van der Waals surface area contributed by atoms with Crippen LogP contribution in [0.1, 0.15) is 37.3 Å². The number of hydrogen-bond acceptors (Lipinski definition) is 6. The molecule has 1 saturated heterocycles. The predicted octanol–water partition coefficient (Wildman–Crippen LogP) is 2.83. The Kier molecular flexibility index (Phi) is 9.02. The third-order valence-electron chi connectivity index (χ3n) is 5.99. The Hall–Kier alpha value is -2.63. The average molecular weight is 538 g/mol. The zero-order valence-corrected chi connectivity index (χ0v) is 22.9. The monoisotopic (exact) mass is 537 g/mol. The minimum atomic E-state index is -3.72. The third-order valence-corrected chi connectivity index (χ3v) is 9.08. The lowest BCUT2D eigenvalue weighted by molar-refractivity contribution is -0.122. The zero-order valence-electron chi connectivity index (χ0n) is 21.2. The van der Waals surface area contributed by atoms with Crippen LogP contribution in [-0.4, -0.2) is 65.6 Å². The summed E-state index contributed by atoms with van der Waals surface area (Å²) in [6, 6.07) is 10.7. The van der Waals surface area contributed by atoms with Crippen molar-refractivity contribution in [1.82, 2.24) is 9.62 Å². The molecule has 1 heterocycles. The van der Waals surface area contributed by atoms with E-state index in [2.05, 4.69) is 5.32 Å². The highest BCUT2D eigenvalue weighted by molar-refractivity contribution is 7.92. The molecule has 1 aliphatic heterocycles. The molecule has 9 nitrogen and oxygen atoms in total. The Bertz CT molecular complexity index is 1250. The zero-order chi connectivity index (χ0) is 26.5. The van der Waals surface area contributed by atoms with Gasteiger partial charge in [-0.2, -0.15) is 4.31 Å². The number of rotatable bonds is 11. The molecule has 0 bridgehead atoms. The topological polar surface area (TPSA) is 113 Å². The van der Waals surface area contributed by atoms with Gasteiger partial charge in [0.2, 0.25) is 26.0 Å². The van der Waals surface area contributed by atoms with Gasteiger partial charge < -0.3 is 10.1 Å². The van der Waals surface area contributed by atoms with Gasteiger partial charge in [-0.05, 0) is 80.6 Å². The standard InChI is InChI=1S/C25H35N3O6S2/c1-5-24(28(35(4,30)31)21-17-19(2)16-20(3)18-21)25(29)26-12-15-34-22-8-10-23(11-9-22)36(32,33)27-13-6-7-14-27/h8-11,16-18,24H,5-7,12-15H2,1-4H3,(H,26,29). The highest BCUT2D eigenvalue weighted by atomic mass is 32.2. The van der Waals surface area contributed by atoms with E-state index in [-0.39, 0.29) is 18.0 Å². The molecule has 1 N–H and O–H groups in total. The second-order valence-corrected chi connectivity index (χ2v) is 12.8. The number of ether oxygens (including phenoxy) is 1. The summed E-state index contributed by atoms with van der Waals surface area (Å²) in [6.07, 6.45) is 3.13. The first kappa shape index (κ1) is 27.9. The Morgan fingerprint density at radius 2 is 1.61 bits per heavy atom. The molecule has 0 aromatic heterocycles. The maximum Gasteiger partial charge on any atom is 0.244 e. The van der Waals surface area contributed by atoms with Crippen molar-refractivity contribution in [1.29, 1.82) is 0 Å². The van der Waals surface area contributed by atoms with Gasteiger partial charge in [0.25, 0.3) is 0 Å². The number of carbonyl (C=O) groups excluding carboxylic acids is 1. The number of aryl methyl sites for hydroxylation is 2. The number of hydrogen-bond donors (Lipinski definition) is 1. The summed E-state index contributed by atoms with van der Waals surface area (Å²) in [5.74, 6) is 0.0578. The molecule has 3 rings (SSSR count). The number of nitrogens with one attached hydrogen (secondary N) is 1. The fourth-order valence-corrected chi connectivity index (χ4v) is 7.10. The smallest absolute Gasteiger partial charge is 0.244 e. The van der Waals surface area contributed by atoms with E-state index in [9.17, 15) is 21.6 Å². The van der Waals surface area contributed by atoms with Crippen molar-refractivity contribution in [3.8, 4) is 5.75 Å². The van der Waals surface area contributed by atoms with Gasteiger partial charge >= 0.3 is 0 Å². The van der Waals surface area contributed by atoms with Gasteiger partial charge in [0.15, 0.2) is 0 Å². The molecule has 0 radical (unpaired) electrons. The average Bonchev–Trinajstić information content (AvgIpc) is 3.35. The first-order chi connectivity index (χ1) is 16.9. The molecular formula is C25H35N3O6S2. The highest BCUT2D eigenvalue weighted by Gasteiger charge is 2.31. The normalized spacial score (nSPS) is 15.4. The minimum Gasteiger partial charge on any atom is -0.492 e. The molecule has 2 aromatic carbocycles. The number of sulfonamides is 2. The molecular weight excluding hydrogens is 502 g/mol. The van der Waals surface area contributed by atoms with E-state index >= 15 is 0 Å². The summed E-state index contributed by atoms with van der Waals surface area (Å²) in [5.41, 5.74) is 2.26. The third kappa shape index (κ3) is 6.77. The molecule has 0 spiro atoms. The van der Waals surface area contributed by atoms with E-state index < -0.39 is 32.0 Å². The van der Waals surface area contributed by atoms with Crippen LogP contribution in [0.5, 0.6) is 5.75 Å². The lowest BCUT2D eigenvalue weighted by Gasteiger charge is -2.30. The number of nitrogens with zero attached hydrogens (tertiary/aromatic N) is 2. The fourth-order valence-electron chi connectivity index (χ4n) is 4.38. The molecule has 1 unspecified atom stereocenters. The van der Waals surface area contributed by atoms with Gasteiger partial charge in [-0.25, -0.2) is 16.8 Å². The number of carbonyl (C=O) groups is 1. The molecule has 36 heavy (non-hydrogen) atoms. The van der Waals surface area contributed by atoms with E-state index in [1.54, 1.807) is 31.2 Å². The van der Waals surface area contributed by atoms with Crippen LogP contribution in [-0.2, 0) is 24.8 Å². The highest BCUT2D eigenvalue weighted by Crippen LogP contribution is 2.25. The minimum absolute atomic E-state index is 0.142. The maximum absolute atomic E-state index is 13.0. The molecule has 198 valence electrons. The Labute approximate surface area is 214 Å². The molecule has 1 fully saturated rings. The summed E-state index contributed by atoms with van der Waals surface area (Å²) in [6.45, 7) is 6.90. The van der Waals surface area contributed by atoms with Crippen LogP contribution in [0.3, 0.4) is 0 Å². The first-order valence-electron chi connectivity index (χ1n) is 12.0. The van der Waals surface area contributed by atoms with Crippen molar-refractivity contribution in [2.24, 2.45) is 0 Å². The summed E-state index contributed by atoms with van der Waals surface area (Å²) >= 11 is 0. The summed E-state index contributed by atoms with van der Waals surface area (Å²) in [4.78, 5) is 13.2. The summed E-state index contributed by atoms with van der Waals surface area (Å²) in [5, 5.41) is 2.76. The molecule has 0 saturated carbocycles. The summed E-state index contributed by atoms with van der Waals surface area (Å²) in [7, 11) is -7.20. The van der Waals surface area contributed by atoms with Gasteiger partial charge in [-0.1, -0.05) is 13.0 Å². The van der Waals surface area contributed by atoms with Crippen molar-refractivity contribution in [2.75, 3.05) is 36.8 Å². The molecule has 0 aliphatic carbocycles. The molecule has 1 amide bonds. The van der Waals surface area contributed by atoms with Crippen LogP contribution in [0.15, 0.2) is 47.4 Å². The van der Waals surface area contributed by atoms with E-state index in [1.807, 2.05) is 19.9 Å². The van der Waals surface area contributed by atoms with Gasteiger partial charge in [-0.15, -0.1) is 0 Å². The second-order valence-electron chi connectivity index (χ2n) is 9.05. The Morgan fingerprint density at radius 3 is 2.14 bits per heavy atom. The van der Waals surface area contributed by atoms with Gasteiger partial charge in [0.05, 0.1) is 23.4 Å². The van der Waals surface area contributed by atoms with Crippen molar-refractivity contribution in [3.05, 3.63) is 53.6 Å². The SMILES string of the molecule is CCC(C(=O)NCCOc1ccc(S(=O)(=O)N2CCCC2)cc1)N(c1cc(C)cc(C)c1)S(C)(=O)=O. The van der Waals surface area contributed by atoms with E-state index in [1.165, 1.54) is 20.7 Å². The summed E-state index contributed by atoms with van der Waals surface area (Å²) < 4.78 is 58.8. The number of anilines is 1. The van der Waals surface area contributed by atoms with Gasteiger partial charge in [-0.3, -0.25) is 9.10 Å². The molecule has 1 atom stereocenters. The van der Waals surface area contributed by atoms with Crippen LogP contribution in [0.25, 0.3) is 0 Å². The quantitative estimate of drug-likeness (QED) is 0.441. The predicted molar refractivity (Wildman–Crippen MR) is 140 cm³/mol. The molecule has 11 heteroatoms. The second kappa shape index (κ2) is 11.6. The largest absolute Gasteiger partial charge is 0.492 e. The van der Waals surface area contributed by atoms with Crippen LogP contribution in [0.4, 0.5) is 5.69 Å². The number of benzene rings is 2. The van der Waals surface area contributed by atoms with E-state index in [0.29, 0.717) is 30.9 Å². The Balaban J connectivity index is 1.60. The van der Waals surface area contributed by atoms with Crippen LogP contribution < -0.4 is 14.4 Å². The lowest BCUT2D eigenvalue weighted by Crippen LogP contribution is -2.50. The van der Waals surface area contributed by atoms with E-state index in [4.69, 9.17) is 4.74 Å². The fraction of sp³-hybridized carbons (Fsp3) is 0.480. The van der Waals surface area contributed by atoms with Crippen LogP contribution >= 0.6 is 0 Å². The van der Waals surface area contributed by atoms with Crippen LogP contribution in [0, 0.1) is 13.8 Å². The maximum atomic E-state index is 13.0. The van der Waals surface area contributed by atoms with Crippen molar-refractivity contribution >= 4 is 31.6 Å². The molecule has 1 aliphatic rings. The van der Waals surface area contributed by atoms with Crippen molar-refractivity contribution in [2.45, 2.75) is 51.0 Å². The van der Waals surface area contributed by atoms with Gasteiger partial charge in [0, 0.05) is 13.1 Å². The van der Waals surface area contributed by atoms with E-state index in [0.717, 1.165) is 30.2 Å². The van der Waals surface area contributed by atoms with Crippen molar-refractivity contribution < 1.29 is 26.4 Å². The van der Waals surface area contributed by atoms with Crippen LogP contribution in [0.2, 0.25) is 0 Å². The van der Waals surface area contributed by atoms with Gasteiger partial charge in [0.1, 0.15) is 18.4 Å². The number of amides is 1. The van der Waals surface area contributed by atoms with Crippen molar-refractivity contribution in [3.63, 3.8) is 0 Å². The lowest BCUT2D eigenvalue weighted by atomic mass is 10.1. The molecule has 2 aromatic rings. The Morgan fingerprint density at radius 1 is 1.03 bits per heavy atom. The first-order valence-corrected chi connectivity index (χ1v) is 15.3.